The lowest BCUT2D eigenvalue weighted by atomic mass is 10.2. The number of nitrogens with two attached hydrogens (primary N) is 1. The predicted molar refractivity (Wildman–Crippen MR) is 50.8 cm³/mol. The van der Waals surface area contributed by atoms with Crippen LogP contribution in [0.2, 0.25) is 5.02 Å². The van der Waals surface area contributed by atoms with Gasteiger partial charge in [-0.05, 0) is 28.1 Å². The normalized spacial score (nSPS) is 9.85. The van der Waals surface area contributed by atoms with Gasteiger partial charge < -0.3 is 0 Å². The van der Waals surface area contributed by atoms with Crippen molar-refractivity contribution in [3.8, 4) is 0 Å². The SMILES string of the molecule is NNC(=O)c1cc(Cl)cc(F)c1Br. The van der Waals surface area contributed by atoms with E-state index >= 15 is 0 Å². The molecule has 0 heterocycles. The minimum atomic E-state index is -0.605. The third kappa shape index (κ3) is 2.18. The smallest absolute Gasteiger partial charge is 0.266 e. The van der Waals surface area contributed by atoms with Gasteiger partial charge in [0.25, 0.3) is 5.91 Å². The Bertz CT molecular complexity index is 359. The highest BCUT2D eigenvalue weighted by molar-refractivity contribution is 9.10. The van der Waals surface area contributed by atoms with E-state index in [9.17, 15) is 9.18 Å². The summed E-state index contributed by atoms with van der Waals surface area (Å²) in [5, 5.41) is 0.138. The first kappa shape index (κ1) is 10.4. The Hall–Kier alpha value is -0.650. The molecule has 0 aromatic heterocycles. The topological polar surface area (TPSA) is 55.1 Å². The average molecular weight is 267 g/mol. The Labute approximate surface area is 87.2 Å². The minimum absolute atomic E-state index is 0.0415. The lowest BCUT2D eigenvalue weighted by molar-refractivity contribution is 0.0952. The molecule has 0 atom stereocenters. The van der Waals surface area contributed by atoms with Gasteiger partial charge in [0, 0.05) is 5.02 Å². The van der Waals surface area contributed by atoms with E-state index in [1.807, 2.05) is 5.43 Å². The van der Waals surface area contributed by atoms with E-state index in [-0.39, 0.29) is 15.1 Å². The van der Waals surface area contributed by atoms with E-state index in [0.717, 1.165) is 6.07 Å². The first-order valence-corrected chi connectivity index (χ1v) is 4.39. The summed E-state index contributed by atoms with van der Waals surface area (Å²) in [4.78, 5) is 11.0. The highest BCUT2D eigenvalue weighted by atomic mass is 79.9. The van der Waals surface area contributed by atoms with Crippen molar-refractivity contribution in [1.82, 2.24) is 5.43 Å². The number of nitrogens with one attached hydrogen (secondary N) is 1. The van der Waals surface area contributed by atoms with Gasteiger partial charge in [-0.15, -0.1) is 0 Å². The van der Waals surface area contributed by atoms with E-state index in [0.29, 0.717) is 0 Å². The third-order valence-electron chi connectivity index (χ3n) is 1.37. The second kappa shape index (κ2) is 4.04. The molecule has 6 heteroatoms. The molecule has 70 valence electrons. The van der Waals surface area contributed by atoms with Gasteiger partial charge in [-0.3, -0.25) is 10.2 Å². The molecule has 1 aromatic rings. The second-order valence-corrected chi connectivity index (χ2v) is 3.45. The molecule has 0 aliphatic rings. The maximum Gasteiger partial charge on any atom is 0.266 e. The fourth-order valence-corrected chi connectivity index (χ4v) is 1.41. The molecule has 0 spiro atoms. The maximum absolute atomic E-state index is 13.0. The van der Waals surface area contributed by atoms with Crippen LogP contribution in [0.1, 0.15) is 10.4 Å². The van der Waals surface area contributed by atoms with Crippen LogP contribution in [0.25, 0.3) is 0 Å². The van der Waals surface area contributed by atoms with Crippen LogP contribution in [-0.2, 0) is 0 Å². The second-order valence-electron chi connectivity index (χ2n) is 2.22. The molecule has 1 amide bonds. The molecule has 0 unspecified atom stereocenters. The summed E-state index contributed by atoms with van der Waals surface area (Å²) in [6, 6.07) is 2.41. The lowest BCUT2D eigenvalue weighted by Crippen LogP contribution is -2.30. The molecule has 3 N–H and O–H groups in total. The van der Waals surface area contributed by atoms with Crippen LogP contribution in [-0.4, -0.2) is 5.91 Å². The zero-order valence-electron chi connectivity index (χ0n) is 6.27. The molecular weight excluding hydrogens is 262 g/mol. The number of hydrogen-bond acceptors (Lipinski definition) is 2. The van der Waals surface area contributed by atoms with Crippen LogP contribution in [0.15, 0.2) is 16.6 Å². The molecule has 1 aromatic carbocycles. The summed E-state index contributed by atoms with van der Waals surface area (Å²) in [6.07, 6.45) is 0. The van der Waals surface area contributed by atoms with Gasteiger partial charge in [0.2, 0.25) is 0 Å². The van der Waals surface area contributed by atoms with Gasteiger partial charge in [-0.1, -0.05) is 11.6 Å². The van der Waals surface area contributed by atoms with E-state index in [4.69, 9.17) is 17.4 Å². The van der Waals surface area contributed by atoms with Crippen molar-refractivity contribution in [2.75, 3.05) is 0 Å². The largest absolute Gasteiger partial charge is 0.290 e. The number of hydrogen-bond donors (Lipinski definition) is 2. The van der Waals surface area contributed by atoms with Crippen LogP contribution >= 0.6 is 27.5 Å². The number of carbonyl (C=O) groups is 1. The number of hydrazine groups is 1. The Balaban J connectivity index is 3.28. The van der Waals surface area contributed by atoms with Crippen LogP contribution in [0.5, 0.6) is 0 Å². The van der Waals surface area contributed by atoms with Crippen LogP contribution in [0.4, 0.5) is 4.39 Å². The van der Waals surface area contributed by atoms with Gasteiger partial charge in [0.15, 0.2) is 0 Å². The summed E-state index contributed by atoms with van der Waals surface area (Å²) < 4.78 is 13.0. The van der Waals surface area contributed by atoms with Crippen molar-refractivity contribution in [3.05, 3.63) is 33.0 Å². The Morgan fingerprint density at radius 3 is 2.77 bits per heavy atom. The number of nitrogen functional groups attached to an aromatic ring is 1. The predicted octanol–water partition coefficient (Wildman–Crippen LogP) is 1.85. The van der Waals surface area contributed by atoms with Crippen molar-refractivity contribution in [2.45, 2.75) is 0 Å². The van der Waals surface area contributed by atoms with Gasteiger partial charge >= 0.3 is 0 Å². The van der Waals surface area contributed by atoms with Crippen molar-refractivity contribution in [2.24, 2.45) is 5.84 Å². The fourth-order valence-electron chi connectivity index (χ4n) is 0.799. The quantitative estimate of drug-likeness (QED) is 0.353. The standard InChI is InChI=1S/C7H5BrClFN2O/c8-6-4(7(13)12-11)1-3(9)2-5(6)10/h1-2H,11H2,(H,12,13). The fraction of sp³-hybridized carbons (Fsp3) is 0. The zero-order valence-corrected chi connectivity index (χ0v) is 8.62. The van der Waals surface area contributed by atoms with Gasteiger partial charge in [-0.25, -0.2) is 10.2 Å². The third-order valence-corrected chi connectivity index (χ3v) is 2.39. The van der Waals surface area contributed by atoms with Crippen LogP contribution in [0.3, 0.4) is 0 Å². The summed E-state index contributed by atoms with van der Waals surface area (Å²) in [5.41, 5.74) is 1.94. The van der Waals surface area contributed by atoms with E-state index in [1.165, 1.54) is 6.07 Å². The Kier molecular flexibility index (Phi) is 3.24. The summed E-state index contributed by atoms with van der Waals surface area (Å²) in [7, 11) is 0. The summed E-state index contributed by atoms with van der Waals surface area (Å²) in [5.74, 6) is 3.68. The van der Waals surface area contributed by atoms with Crippen molar-refractivity contribution < 1.29 is 9.18 Å². The van der Waals surface area contributed by atoms with Crippen molar-refractivity contribution in [3.63, 3.8) is 0 Å². The number of rotatable bonds is 1. The Morgan fingerprint density at radius 1 is 1.62 bits per heavy atom. The van der Waals surface area contributed by atoms with E-state index in [2.05, 4.69) is 15.9 Å². The van der Waals surface area contributed by atoms with Crippen LogP contribution in [0, 0.1) is 5.82 Å². The molecule has 0 saturated carbocycles. The number of amides is 1. The first-order chi connectivity index (χ1) is 6.06. The Morgan fingerprint density at radius 2 is 2.23 bits per heavy atom. The number of carbonyl (C=O) groups excluding carboxylic acids is 1. The molecule has 0 aliphatic heterocycles. The van der Waals surface area contributed by atoms with Gasteiger partial charge in [0.05, 0.1) is 10.0 Å². The molecule has 0 aliphatic carbocycles. The first-order valence-electron chi connectivity index (χ1n) is 3.21. The van der Waals surface area contributed by atoms with Crippen LogP contribution < -0.4 is 11.3 Å². The molecule has 3 nitrogen and oxygen atoms in total. The molecule has 13 heavy (non-hydrogen) atoms. The molecule has 0 radical (unpaired) electrons. The number of benzene rings is 1. The molecule has 0 bridgehead atoms. The minimum Gasteiger partial charge on any atom is -0.290 e. The summed E-state index contributed by atoms with van der Waals surface area (Å²) >= 11 is 8.45. The monoisotopic (exact) mass is 266 g/mol. The van der Waals surface area contributed by atoms with Crippen molar-refractivity contribution >= 4 is 33.4 Å². The highest BCUT2D eigenvalue weighted by Gasteiger charge is 2.13. The zero-order chi connectivity index (χ0) is 10.0. The van der Waals surface area contributed by atoms with Gasteiger partial charge in [0.1, 0.15) is 5.82 Å². The van der Waals surface area contributed by atoms with Gasteiger partial charge in [-0.2, -0.15) is 0 Å². The molecule has 0 fully saturated rings. The lowest BCUT2D eigenvalue weighted by Gasteiger charge is -2.04. The highest BCUT2D eigenvalue weighted by Crippen LogP contribution is 2.24. The van der Waals surface area contributed by atoms with E-state index < -0.39 is 11.7 Å². The summed E-state index contributed by atoms with van der Waals surface area (Å²) in [6.45, 7) is 0. The molecule has 1 rings (SSSR count). The van der Waals surface area contributed by atoms with E-state index in [1.54, 1.807) is 0 Å². The number of halogens is 3. The average Bonchev–Trinajstić information content (AvgIpc) is 2.10. The van der Waals surface area contributed by atoms with Crippen molar-refractivity contribution in [1.29, 1.82) is 0 Å². The molecule has 0 saturated heterocycles. The molecular formula is C7H5BrClFN2O. The maximum atomic E-state index is 13.0.